The van der Waals surface area contributed by atoms with Crippen LogP contribution in [0.1, 0.15) is 21.5 Å². The van der Waals surface area contributed by atoms with Crippen LogP contribution in [0.5, 0.6) is 5.75 Å². The molecule has 0 saturated carbocycles. The molecule has 0 fully saturated rings. The summed E-state index contributed by atoms with van der Waals surface area (Å²) in [5.41, 5.74) is 7.50. The Bertz CT molecular complexity index is 879. The van der Waals surface area contributed by atoms with Crippen molar-refractivity contribution in [2.24, 2.45) is 0 Å². The summed E-state index contributed by atoms with van der Waals surface area (Å²) < 4.78 is 5.34. The highest BCUT2D eigenvalue weighted by Gasteiger charge is 2.27. The average molecular weight is 353 g/mol. The Kier molecular flexibility index (Phi) is 4.88. The third-order valence-corrected chi connectivity index (χ3v) is 4.06. The second kappa shape index (κ2) is 7.26. The van der Waals surface area contributed by atoms with Gasteiger partial charge in [0.2, 0.25) is 0 Å². The summed E-state index contributed by atoms with van der Waals surface area (Å²) >= 11 is 0. The summed E-state index contributed by atoms with van der Waals surface area (Å²) in [6.45, 7) is 3.36. The van der Waals surface area contributed by atoms with Gasteiger partial charge in [-0.1, -0.05) is 29.8 Å². The number of ether oxygens (including phenoxy) is 1. The highest BCUT2D eigenvalue weighted by Crippen LogP contribution is 2.31. The van der Waals surface area contributed by atoms with E-state index in [0.717, 1.165) is 11.1 Å². The van der Waals surface area contributed by atoms with E-state index in [0.29, 0.717) is 17.0 Å². The van der Waals surface area contributed by atoms with Crippen LogP contribution < -0.4 is 20.5 Å². The lowest BCUT2D eigenvalue weighted by molar-refractivity contribution is -0.125. The normalized spacial score (nSPS) is 12.8. The number of amides is 3. The highest BCUT2D eigenvalue weighted by atomic mass is 16.5. The van der Waals surface area contributed by atoms with Crippen LogP contribution in [0.2, 0.25) is 0 Å². The molecule has 2 aromatic carbocycles. The molecule has 0 bridgehead atoms. The predicted octanol–water partition coefficient (Wildman–Crippen LogP) is 1.49. The van der Waals surface area contributed by atoms with Crippen LogP contribution >= 0.6 is 0 Å². The number of hydrogen-bond acceptors (Lipinski definition) is 4. The van der Waals surface area contributed by atoms with E-state index in [2.05, 4.69) is 10.9 Å². The van der Waals surface area contributed by atoms with Crippen molar-refractivity contribution in [2.45, 2.75) is 13.8 Å². The van der Waals surface area contributed by atoms with Crippen LogP contribution in [-0.2, 0) is 9.59 Å². The largest absolute Gasteiger partial charge is 0.482 e. The fourth-order valence-corrected chi connectivity index (χ4v) is 2.68. The van der Waals surface area contributed by atoms with Gasteiger partial charge in [-0.2, -0.15) is 0 Å². The molecule has 0 radical (unpaired) electrons. The summed E-state index contributed by atoms with van der Waals surface area (Å²) in [7, 11) is 0. The van der Waals surface area contributed by atoms with E-state index in [-0.39, 0.29) is 19.1 Å². The quantitative estimate of drug-likeness (QED) is 0.819. The van der Waals surface area contributed by atoms with Crippen molar-refractivity contribution in [1.82, 2.24) is 10.9 Å². The van der Waals surface area contributed by atoms with Gasteiger partial charge in [-0.15, -0.1) is 0 Å². The molecule has 0 aliphatic carbocycles. The number of benzene rings is 2. The average Bonchev–Trinajstić information content (AvgIpc) is 2.64. The fourth-order valence-electron chi connectivity index (χ4n) is 2.68. The SMILES string of the molecule is Cc1ccc(C)c(C(=O)NNC(=O)CN2C(=O)COc3ccccc32)c1. The van der Waals surface area contributed by atoms with Crippen molar-refractivity contribution in [3.63, 3.8) is 0 Å². The van der Waals surface area contributed by atoms with Crippen molar-refractivity contribution >= 4 is 23.4 Å². The molecule has 7 heteroatoms. The fraction of sp³-hybridized carbons (Fsp3) is 0.211. The summed E-state index contributed by atoms with van der Waals surface area (Å²) in [5, 5.41) is 0. The summed E-state index contributed by atoms with van der Waals surface area (Å²) in [4.78, 5) is 37.8. The maximum absolute atomic E-state index is 12.3. The van der Waals surface area contributed by atoms with Crippen molar-refractivity contribution in [2.75, 3.05) is 18.1 Å². The van der Waals surface area contributed by atoms with E-state index in [4.69, 9.17) is 4.74 Å². The number of para-hydroxylation sites is 2. The van der Waals surface area contributed by atoms with E-state index in [1.165, 1.54) is 4.90 Å². The van der Waals surface area contributed by atoms with Gasteiger partial charge in [-0.25, -0.2) is 0 Å². The zero-order valence-corrected chi connectivity index (χ0v) is 14.5. The minimum Gasteiger partial charge on any atom is -0.482 e. The third kappa shape index (κ3) is 3.66. The maximum atomic E-state index is 12.3. The molecule has 2 aromatic rings. The van der Waals surface area contributed by atoms with Gasteiger partial charge in [0.25, 0.3) is 17.7 Å². The lowest BCUT2D eigenvalue weighted by Gasteiger charge is -2.28. The Morgan fingerprint density at radius 3 is 2.69 bits per heavy atom. The van der Waals surface area contributed by atoms with Crippen molar-refractivity contribution < 1.29 is 19.1 Å². The van der Waals surface area contributed by atoms with Crippen LogP contribution in [0.4, 0.5) is 5.69 Å². The first-order valence-electron chi connectivity index (χ1n) is 8.14. The van der Waals surface area contributed by atoms with Crippen LogP contribution in [0.3, 0.4) is 0 Å². The Hall–Kier alpha value is -3.35. The number of aryl methyl sites for hydroxylation is 2. The predicted molar refractivity (Wildman–Crippen MR) is 95.8 cm³/mol. The van der Waals surface area contributed by atoms with E-state index in [9.17, 15) is 14.4 Å². The maximum Gasteiger partial charge on any atom is 0.269 e. The molecule has 1 heterocycles. The topological polar surface area (TPSA) is 87.7 Å². The number of rotatable bonds is 3. The molecule has 3 rings (SSSR count). The molecular formula is C19H19N3O4. The monoisotopic (exact) mass is 353 g/mol. The van der Waals surface area contributed by atoms with Gasteiger partial charge in [0.15, 0.2) is 6.61 Å². The molecule has 2 N–H and O–H groups in total. The van der Waals surface area contributed by atoms with Crippen LogP contribution in [-0.4, -0.2) is 30.9 Å². The molecule has 7 nitrogen and oxygen atoms in total. The van der Waals surface area contributed by atoms with Gasteiger partial charge in [0.1, 0.15) is 12.3 Å². The molecule has 0 atom stereocenters. The van der Waals surface area contributed by atoms with Crippen LogP contribution in [0.15, 0.2) is 42.5 Å². The zero-order valence-electron chi connectivity index (χ0n) is 14.5. The molecule has 1 aliphatic rings. The molecular weight excluding hydrogens is 334 g/mol. The Morgan fingerprint density at radius 1 is 1.12 bits per heavy atom. The number of nitrogens with one attached hydrogen (secondary N) is 2. The lowest BCUT2D eigenvalue weighted by atomic mass is 10.1. The molecule has 0 unspecified atom stereocenters. The molecule has 1 aliphatic heterocycles. The van der Waals surface area contributed by atoms with Gasteiger partial charge in [0, 0.05) is 5.56 Å². The van der Waals surface area contributed by atoms with Gasteiger partial charge < -0.3 is 4.74 Å². The van der Waals surface area contributed by atoms with Gasteiger partial charge >= 0.3 is 0 Å². The number of nitrogens with zero attached hydrogens (tertiary/aromatic N) is 1. The standard InChI is InChI=1S/C19H19N3O4/c1-12-7-8-13(2)14(9-12)19(25)21-20-17(23)10-22-15-5-3-4-6-16(15)26-11-18(22)24/h3-9H,10-11H2,1-2H3,(H,20,23)(H,21,25). The molecule has 134 valence electrons. The number of fused-ring (bicyclic) bond motifs is 1. The van der Waals surface area contributed by atoms with E-state index in [1.54, 1.807) is 30.3 Å². The number of hydrogen-bond donors (Lipinski definition) is 2. The second-order valence-corrected chi connectivity index (χ2v) is 6.06. The lowest BCUT2D eigenvalue weighted by Crippen LogP contribution is -2.49. The smallest absolute Gasteiger partial charge is 0.269 e. The Morgan fingerprint density at radius 2 is 1.88 bits per heavy atom. The van der Waals surface area contributed by atoms with Gasteiger partial charge in [0.05, 0.1) is 5.69 Å². The second-order valence-electron chi connectivity index (χ2n) is 6.06. The zero-order chi connectivity index (χ0) is 18.7. The molecule has 0 spiro atoms. The van der Waals surface area contributed by atoms with Crippen molar-refractivity contribution in [1.29, 1.82) is 0 Å². The van der Waals surface area contributed by atoms with Crippen LogP contribution in [0, 0.1) is 13.8 Å². The molecule has 0 aromatic heterocycles. The summed E-state index contributed by atoms with van der Waals surface area (Å²) in [5.74, 6) is -0.694. The highest BCUT2D eigenvalue weighted by molar-refractivity contribution is 6.03. The van der Waals surface area contributed by atoms with Crippen LogP contribution in [0.25, 0.3) is 0 Å². The number of carbonyl (C=O) groups excluding carboxylic acids is 3. The van der Waals surface area contributed by atoms with Gasteiger partial charge in [-0.3, -0.25) is 30.1 Å². The van der Waals surface area contributed by atoms with Crippen molar-refractivity contribution in [3.8, 4) is 5.75 Å². The first-order valence-corrected chi connectivity index (χ1v) is 8.14. The van der Waals surface area contributed by atoms with E-state index < -0.39 is 11.8 Å². The van der Waals surface area contributed by atoms with Gasteiger partial charge in [-0.05, 0) is 37.6 Å². The molecule has 0 saturated heterocycles. The number of hydrazine groups is 1. The molecule has 3 amide bonds. The van der Waals surface area contributed by atoms with Crippen molar-refractivity contribution in [3.05, 3.63) is 59.2 Å². The van der Waals surface area contributed by atoms with E-state index >= 15 is 0 Å². The Labute approximate surface area is 150 Å². The minimum atomic E-state index is -0.506. The Balaban J connectivity index is 1.63. The third-order valence-electron chi connectivity index (χ3n) is 4.06. The summed E-state index contributed by atoms with van der Waals surface area (Å²) in [6.07, 6.45) is 0. The minimum absolute atomic E-state index is 0.126. The first kappa shape index (κ1) is 17.5. The summed E-state index contributed by atoms with van der Waals surface area (Å²) in [6, 6.07) is 12.5. The first-order chi connectivity index (χ1) is 12.5. The number of anilines is 1. The number of carbonyl (C=O) groups is 3. The van der Waals surface area contributed by atoms with E-state index in [1.807, 2.05) is 26.0 Å². The molecule has 26 heavy (non-hydrogen) atoms.